The van der Waals surface area contributed by atoms with Gasteiger partial charge in [-0.25, -0.2) is 13.1 Å². The molecule has 5 heteroatoms. The fourth-order valence-corrected chi connectivity index (χ4v) is 2.21. The molecule has 54 valence electrons. The van der Waals surface area contributed by atoms with Crippen LogP contribution in [0.3, 0.4) is 0 Å². The van der Waals surface area contributed by atoms with E-state index in [2.05, 4.69) is 4.72 Å². The number of sulfonamides is 1. The number of hydrogen-bond acceptors (Lipinski definition) is 3. The lowest BCUT2D eigenvalue weighted by Crippen LogP contribution is -2.28. The molecule has 0 radical (unpaired) electrons. The maximum atomic E-state index is 10.6. The monoisotopic (exact) mass is 151 g/mol. The quantitative estimate of drug-likeness (QED) is 0.488. The molecule has 0 aromatic carbocycles. The normalized spacial score (nSPS) is 32.8. The van der Waals surface area contributed by atoms with Crippen LogP contribution in [-0.4, -0.2) is 31.9 Å². The van der Waals surface area contributed by atoms with Crippen molar-refractivity contribution in [2.24, 2.45) is 0 Å². The maximum Gasteiger partial charge on any atom is 0.211 e. The van der Waals surface area contributed by atoms with Crippen molar-refractivity contribution in [3.63, 3.8) is 0 Å². The third-order valence-electron chi connectivity index (χ3n) is 1.30. The summed E-state index contributed by atoms with van der Waals surface area (Å²) in [6.45, 7) is -0.0980. The van der Waals surface area contributed by atoms with E-state index in [9.17, 15) is 8.42 Å². The van der Waals surface area contributed by atoms with Gasteiger partial charge in [0, 0.05) is 6.04 Å². The van der Waals surface area contributed by atoms with Crippen LogP contribution in [0.5, 0.6) is 0 Å². The number of hydrogen-bond donors (Lipinski definition) is 2. The lowest BCUT2D eigenvalue weighted by Gasteiger charge is -2.00. The largest absolute Gasteiger partial charge is 0.395 e. The fourth-order valence-electron chi connectivity index (χ4n) is 0.798. The topological polar surface area (TPSA) is 66.4 Å². The van der Waals surface area contributed by atoms with Crippen molar-refractivity contribution >= 4 is 10.0 Å². The van der Waals surface area contributed by atoms with Gasteiger partial charge in [-0.1, -0.05) is 0 Å². The first-order valence-electron chi connectivity index (χ1n) is 2.75. The number of nitrogens with one attached hydrogen (secondary N) is 1. The fraction of sp³-hybridized carbons (Fsp3) is 1.00. The molecule has 1 fully saturated rings. The van der Waals surface area contributed by atoms with Crippen LogP contribution in [0.15, 0.2) is 0 Å². The Labute approximate surface area is 53.9 Å². The van der Waals surface area contributed by atoms with Crippen molar-refractivity contribution in [1.82, 2.24) is 4.72 Å². The molecule has 1 saturated heterocycles. The van der Waals surface area contributed by atoms with Crippen molar-refractivity contribution < 1.29 is 13.5 Å². The van der Waals surface area contributed by atoms with Gasteiger partial charge >= 0.3 is 0 Å². The van der Waals surface area contributed by atoms with E-state index in [0.29, 0.717) is 6.42 Å². The summed E-state index contributed by atoms with van der Waals surface area (Å²) in [5, 5.41) is 8.47. The Balaban J connectivity index is 2.58. The summed E-state index contributed by atoms with van der Waals surface area (Å²) in [4.78, 5) is 0. The van der Waals surface area contributed by atoms with Gasteiger partial charge in [0.1, 0.15) is 0 Å². The van der Waals surface area contributed by atoms with Crippen molar-refractivity contribution in [2.45, 2.75) is 12.5 Å². The lowest BCUT2D eigenvalue weighted by atomic mass is 10.3. The molecule has 0 amide bonds. The van der Waals surface area contributed by atoms with E-state index in [1.807, 2.05) is 0 Å². The van der Waals surface area contributed by atoms with Crippen molar-refractivity contribution in [1.29, 1.82) is 0 Å². The van der Waals surface area contributed by atoms with E-state index in [4.69, 9.17) is 5.11 Å². The van der Waals surface area contributed by atoms with Gasteiger partial charge in [-0.15, -0.1) is 0 Å². The Hall–Kier alpha value is -0.130. The van der Waals surface area contributed by atoms with E-state index < -0.39 is 10.0 Å². The van der Waals surface area contributed by atoms with Gasteiger partial charge in [0.25, 0.3) is 0 Å². The SMILES string of the molecule is O=S1(=O)CC[C@H](CO)N1. The molecular weight excluding hydrogens is 142 g/mol. The Morgan fingerprint density at radius 2 is 2.33 bits per heavy atom. The molecule has 1 aliphatic rings. The third kappa shape index (κ3) is 1.64. The molecular formula is C4H9NO3S. The predicted octanol–water partition coefficient (Wildman–Crippen LogP) is -1.33. The van der Waals surface area contributed by atoms with Crippen LogP contribution < -0.4 is 4.72 Å². The standard InChI is InChI=1S/C4H9NO3S/c6-3-4-1-2-9(7,8)5-4/h4-6H,1-3H2/t4-/m1/s1. The zero-order chi connectivity index (χ0) is 6.91. The number of aliphatic hydroxyl groups is 1. The van der Waals surface area contributed by atoms with E-state index in [1.54, 1.807) is 0 Å². The van der Waals surface area contributed by atoms with E-state index in [-0.39, 0.29) is 18.4 Å². The summed E-state index contributed by atoms with van der Waals surface area (Å²) >= 11 is 0. The van der Waals surface area contributed by atoms with Gasteiger partial charge in [0.15, 0.2) is 0 Å². The molecule has 0 bridgehead atoms. The summed E-state index contributed by atoms with van der Waals surface area (Å²) in [5.74, 6) is 0.151. The summed E-state index contributed by atoms with van der Waals surface area (Å²) in [7, 11) is -3.02. The Morgan fingerprint density at radius 1 is 1.67 bits per heavy atom. The third-order valence-corrected chi connectivity index (χ3v) is 2.77. The second-order valence-electron chi connectivity index (χ2n) is 2.10. The molecule has 0 aromatic rings. The molecule has 1 heterocycles. The highest BCUT2D eigenvalue weighted by Gasteiger charge is 2.25. The Kier molecular flexibility index (Phi) is 1.74. The van der Waals surface area contributed by atoms with Crippen LogP contribution >= 0.6 is 0 Å². The minimum Gasteiger partial charge on any atom is -0.395 e. The van der Waals surface area contributed by atoms with Gasteiger partial charge in [-0.3, -0.25) is 0 Å². The molecule has 2 N–H and O–H groups in total. The second-order valence-corrected chi connectivity index (χ2v) is 3.98. The van der Waals surface area contributed by atoms with Crippen LogP contribution in [0.25, 0.3) is 0 Å². The summed E-state index contributed by atoms with van der Waals surface area (Å²) < 4.78 is 23.5. The highest BCUT2D eigenvalue weighted by atomic mass is 32.2. The Morgan fingerprint density at radius 3 is 2.56 bits per heavy atom. The van der Waals surface area contributed by atoms with Gasteiger partial charge in [-0.2, -0.15) is 0 Å². The molecule has 0 saturated carbocycles. The first-order chi connectivity index (χ1) is 4.14. The zero-order valence-corrected chi connectivity index (χ0v) is 5.69. The van der Waals surface area contributed by atoms with Gasteiger partial charge in [0.05, 0.1) is 12.4 Å². The molecule has 1 rings (SSSR count). The minimum atomic E-state index is -3.02. The molecule has 0 unspecified atom stereocenters. The van der Waals surface area contributed by atoms with Gasteiger partial charge in [0.2, 0.25) is 10.0 Å². The van der Waals surface area contributed by atoms with Crippen LogP contribution in [0.4, 0.5) is 0 Å². The molecule has 0 aliphatic carbocycles. The van der Waals surface area contributed by atoms with Crippen LogP contribution in [-0.2, 0) is 10.0 Å². The van der Waals surface area contributed by atoms with Crippen LogP contribution in [0.2, 0.25) is 0 Å². The summed E-state index contributed by atoms with van der Waals surface area (Å²) in [6, 6.07) is -0.241. The maximum absolute atomic E-state index is 10.6. The summed E-state index contributed by atoms with van der Waals surface area (Å²) in [5.41, 5.74) is 0. The smallest absolute Gasteiger partial charge is 0.211 e. The van der Waals surface area contributed by atoms with Crippen molar-refractivity contribution in [3.05, 3.63) is 0 Å². The number of aliphatic hydroxyl groups excluding tert-OH is 1. The molecule has 9 heavy (non-hydrogen) atoms. The first kappa shape index (κ1) is 6.98. The zero-order valence-electron chi connectivity index (χ0n) is 4.87. The molecule has 0 aromatic heterocycles. The predicted molar refractivity (Wildman–Crippen MR) is 32.4 cm³/mol. The van der Waals surface area contributed by atoms with Crippen LogP contribution in [0, 0.1) is 0 Å². The highest BCUT2D eigenvalue weighted by molar-refractivity contribution is 7.89. The first-order valence-corrected chi connectivity index (χ1v) is 4.40. The number of rotatable bonds is 1. The molecule has 1 atom stereocenters. The van der Waals surface area contributed by atoms with E-state index >= 15 is 0 Å². The Bertz CT molecular complexity index is 186. The molecule has 4 nitrogen and oxygen atoms in total. The summed E-state index contributed by atoms with van der Waals surface area (Å²) in [6.07, 6.45) is 0.527. The average molecular weight is 151 g/mol. The minimum absolute atomic E-state index is 0.0980. The highest BCUT2D eigenvalue weighted by Crippen LogP contribution is 2.05. The van der Waals surface area contributed by atoms with Crippen molar-refractivity contribution in [2.75, 3.05) is 12.4 Å². The molecule has 0 spiro atoms. The van der Waals surface area contributed by atoms with E-state index in [0.717, 1.165) is 0 Å². The van der Waals surface area contributed by atoms with Gasteiger partial charge < -0.3 is 5.11 Å². The van der Waals surface area contributed by atoms with Crippen molar-refractivity contribution in [3.8, 4) is 0 Å². The average Bonchev–Trinajstić information content (AvgIpc) is 2.10. The molecule has 1 aliphatic heterocycles. The van der Waals surface area contributed by atoms with Gasteiger partial charge in [-0.05, 0) is 6.42 Å². The second kappa shape index (κ2) is 2.24. The van der Waals surface area contributed by atoms with Crippen LogP contribution in [0.1, 0.15) is 6.42 Å². The van der Waals surface area contributed by atoms with E-state index in [1.165, 1.54) is 0 Å². The lowest BCUT2D eigenvalue weighted by molar-refractivity contribution is 0.260.